The third kappa shape index (κ3) is 2.46. The van der Waals surface area contributed by atoms with E-state index in [0.29, 0.717) is 10.6 Å². The molecule has 104 valence electrons. The van der Waals surface area contributed by atoms with Gasteiger partial charge in [-0.2, -0.15) is 0 Å². The van der Waals surface area contributed by atoms with Crippen LogP contribution in [0.1, 0.15) is 25.7 Å². The molecule has 7 heteroatoms. The Bertz CT molecular complexity index is 795. The maximum absolute atomic E-state index is 12.3. The Hall–Kier alpha value is -2.80. The van der Waals surface area contributed by atoms with Crippen LogP contribution in [0.25, 0.3) is 11.6 Å². The van der Waals surface area contributed by atoms with Crippen LogP contribution < -0.4 is 0 Å². The number of hydrogen-bond donors (Lipinski definition) is 1. The van der Waals surface area contributed by atoms with Gasteiger partial charge in [-0.05, 0) is 23.6 Å². The second-order valence-corrected chi connectivity index (χ2v) is 4.99. The van der Waals surface area contributed by atoms with Crippen molar-refractivity contribution in [3.8, 4) is 11.6 Å². The molecule has 0 amide bonds. The van der Waals surface area contributed by atoms with Crippen molar-refractivity contribution in [1.29, 1.82) is 0 Å². The number of carbonyl (C=O) groups is 2. The van der Waals surface area contributed by atoms with Crippen LogP contribution in [0, 0.1) is 0 Å². The van der Waals surface area contributed by atoms with Crippen molar-refractivity contribution in [2.24, 2.45) is 0 Å². The van der Waals surface area contributed by atoms with Crippen molar-refractivity contribution in [3.05, 3.63) is 58.2 Å². The Kier molecular flexibility index (Phi) is 3.33. The van der Waals surface area contributed by atoms with Gasteiger partial charge in [-0.3, -0.25) is 4.79 Å². The lowest BCUT2D eigenvalue weighted by Crippen LogP contribution is -2.13. The number of carboxylic acids is 1. The van der Waals surface area contributed by atoms with Crippen LogP contribution >= 0.6 is 11.3 Å². The summed E-state index contributed by atoms with van der Waals surface area (Å²) in [6, 6.07) is 6.60. The SMILES string of the molecule is O=C(c1cccs1)c1cnc(-c2ccco2)nc1C(=O)O. The fourth-order valence-corrected chi connectivity index (χ4v) is 2.45. The van der Waals surface area contributed by atoms with Gasteiger partial charge in [0, 0.05) is 6.20 Å². The number of nitrogens with zero attached hydrogens (tertiary/aromatic N) is 2. The average molecular weight is 300 g/mol. The maximum atomic E-state index is 12.3. The minimum Gasteiger partial charge on any atom is -0.476 e. The van der Waals surface area contributed by atoms with E-state index in [4.69, 9.17) is 4.42 Å². The second kappa shape index (κ2) is 5.29. The molecule has 0 saturated heterocycles. The summed E-state index contributed by atoms with van der Waals surface area (Å²) in [7, 11) is 0. The Morgan fingerprint density at radius 2 is 2.10 bits per heavy atom. The number of aromatic nitrogens is 2. The van der Waals surface area contributed by atoms with E-state index in [9.17, 15) is 14.7 Å². The fraction of sp³-hybridized carbons (Fsp3) is 0. The molecule has 0 aliphatic heterocycles. The molecule has 0 fully saturated rings. The molecular weight excluding hydrogens is 292 g/mol. The van der Waals surface area contributed by atoms with Gasteiger partial charge in [-0.1, -0.05) is 6.07 Å². The van der Waals surface area contributed by atoms with Crippen molar-refractivity contribution in [3.63, 3.8) is 0 Å². The summed E-state index contributed by atoms with van der Waals surface area (Å²) in [5.41, 5.74) is -0.380. The first-order chi connectivity index (χ1) is 10.2. The van der Waals surface area contributed by atoms with E-state index in [2.05, 4.69) is 9.97 Å². The molecule has 3 aromatic heterocycles. The monoisotopic (exact) mass is 300 g/mol. The number of hydrogen-bond acceptors (Lipinski definition) is 6. The molecule has 0 saturated carbocycles. The normalized spacial score (nSPS) is 10.5. The molecule has 0 atom stereocenters. The van der Waals surface area contributed by atoms with Crippen molar-refractivity contribution in [2.75, 3.05) is 0 Å². The van der Waals surface area contributed by atoms with Gasteiger partial charge in [0.1, 0.15) is 0 Å². The molecule has 0 unspecified atom stereocenters. The standard InChI is InChI=1S/C14H8N2O4S/c17-12(10-4-2-6-21-10)8-7-15-13(9-3-1-5-20-9)16-11(8)14(18)19/h1-7H,(H,18,19). The van der Waals surface area contributed by atoms with Crippen LogP contribution in [0.5, 0.6) is 0 Å². The highest BCUT2D eigenvalue weighted by atomic mass is 32.1. The lowest BCUT2D eigenvalue weighted by Gasteiger charge is -2.04. The molecular formula is C14H8N2O4S. The Morgan fingerprint density at radius 3 is 2.71 bits per heavy atom. The van der Waals surface area contributed by atoms with E-state index in [1.54, 1.807) is 29.6 Å². The van der Waals surface area contributed by atoms with Crippen LogP contribution in [-0.2, 0) is 0 Å². The second-order valence-electron chi connectivity index (χ2n) is 4.04. The predicted molar refractivity (Wildman–Crippen MR) is 74.4 cm³/mol. The minimum absolute atomic E-state index is 0.0414. The van der Waals surface area contributed by atoms with Gasteiger partial charge in [0.2, 0.25) is 5.78 Å². The topological polar surface area (TPSA) is 93.3 Å². The molecule has 0 aliphatic rings. The van der Waals surface area contributed by atoms with Gasteiger partial charge in [-0.25, -0.2) is 14.8 Å². The molecule has 3 heterocycles. The summed E-state index contributed by atoms with van der Waals surface area (Å²) in [4.78, 5) is 32.0. The van der Waals surface area contributed by atoms with E-state index >= 15 is 0 Å². The summed E-state index contributed by atoms with van der Waals surface area (Å²) in [6.07, 6.45) is 2.65. The molecule has 6 nitrogen and oxygen atoms in total. The van der Waals surface area contributed by atoms with Gasteiger partial charge >= 0.3 is 5.97 Å². The zero-order chi connectivity index (χ0) is 14.8. The number of rotatable bonds is 4. The van der Waals surface area contributed by atoms with Gasteiger partial charge in [-0.15, -0.1) is 11.3 Å². The van der Waals surface area contributed by atoms with E-state index in [1.165, 1.54) is 23.8 Å². The van der Waals surface area contributed by atoms with Crippen LogP contribution in [0.2, 0.25) is 0 Å². The molecule has 0 aromatic carbocycles. The quantitative estimate of drug-likeness (QED) is 0.745. The number of furan rings is 1. The zero-order valence-electron chi connectivity index (χ0n) is 10.5. The highest BCUT2D eigenvalue weighted by Crippen LogP contribution is 2.20. The van der Waals surface area contributed by atoms with Crippen LogP contribution in [0.3, 0.4) is 0 Å². The Labute approximate surface area is 122 Å². The molecule has 0 aliphatic carbocycles. The fourth-order valence-electron chi connectivity index (χ4n) is 1.78. The largest absolute Gasteiger partial charge is 0.476 e. The van der Waals surface area contributed by atoms with Crippen molar-refractivity contribution in [2.45, 2.75) is 0 Å². The lowest BCUT2D eigenvalue weighted by atomic mass is 10.1. The Morgan fingerprint density at radius 1 is 1.24 bits per heavy atom. The molecule has 0 radical (unpaired) electrons. The van der Waals surface area contributed by atoms with Gasteiger partial charge in [0.15, 0.2) is 17.3 Å². The van der Waals surface area contributed by atoms with Crippen molar-refractivity contribution >= 4 is 23.1 Å². The van der Waals surface area contributed by atoms with Crippen molar-refractivity contribution in [1.82, 2.24) is 9.97 Å². The third-order valence-corrected chi connectivity index (χ3v) is 3.59. The molecule has 21 heavy (non-hydrogen) atoms. The van der Waals surface area contributed by atoms with E-state index in [1.807, 2.05) is 0 Å². The average Bonchev–Trinajstić information content (AvgIpc) is 3.18. The maximum Gasteiger partial charge on any atom is 0.355 e. The summed E-state index contributed by atoms with van der Waals surface area (Å²) in [5.74, 6) is -1.23. The highest BCUT2D eigenvalue weighted by molar-refractivity contribution is 7.12. The first kappa shape index (κ1) is 13.2. The summed E-state index contributed by atoms with van der Waals surface area (Å²) < 4.78 is 5.13. The van der Waals surface area contributed by atoms with Crippen LogP contribution in [-0.4, -0.2) is 26.8 Å². The Balaban J connectivity index is 2.09. The predicted octanol–water partition coefficient (Wildman–Crippen LogP) is 2.73. The summed E-state index contributed by atoms with van der Waals surface area (Å²) in [5, 5.41) is 11.0. The van der Waals surface area contributed by atoms with Crippen LogP contribution in [0.15, 0.2) is 46.5 Å². The number of aromatic carboxylic acids is 1. The molecule has 3 aromatic rings. The number of thiophene rings is 1. The first-order valence-electron chi connectivity index (χ1n) is 5.89. The van der Waals surface area contributed by atoms with E-state index in [-0.39, 0.29) is 17.1 Å². The molecule has 1 N–H and O–H groups in total. The molecule has 0 spiro atoms. The van der Waals surface area contributed by atoms with Gasteiger partial charge < -0.3 is 9.52 Å². The molecule has 3 rings (SSSR count). The number of carboxylic acid groups (broad SMARTS) is 1. The first-order valence-corrected chi connectivity index (χ1v) is 6.77. The smallest absolute Gasteiger partial charge is 0.355 e. The highest BCUT2D eigenvalue weighted by Gasteiger charge is 2.22. The van der Waals surface area contributed by atoms with E-state index < -0.39 is 11.8 Å². The number of carbonyl (C=O) groups excluding carboxylic acids is 1. The number of ketones is 1. The van der Waals surface area contributed by atoms with Crippen LogP contribution in [0.4, 0.5) is 0 Å². The zero-order valence-corrected chi connectivity index (χ0v) is 11.3. The third-order valence-electron chi connectivity index (χ3n) is 2.72. The van der Waals surface area contributed by atoms with Crippen molar-refractivity contribution < 1.29 is 19.1 Å². The minimum atomic E-state index is -1.29. The summed E-state index contributed by atoms with van der Waals surface area (Å²) >= 11 is 1.23. The van der Waals surface area contributed by atoms with E-state index in [0.717, 1.165) is 0 Å². The van der Waals surface area contributed by atoms with Gasteiger partial charge in [0.25, 0.3) is 0 Å². The molecule has 0 bridgehead atoms. The summed E-state index contributed by atoms with van der Waals surface area (Å²) in [6.45, 7) is 0. The van der Waals surface area contributed by atoms with Gasteiger partial charge in [0.05, 0.1) is 16.7 Å². The lowest BCUT2D eigenvalue weighted by molar-refractivity contribution is 0.0686.